The molecule has 0 aliphatic carbocycles. The highest BCUT2D eigenvalue weighted by Gasteiger charge is 2.06. The molecule has 0 radical (unpaired) electrons. The molecule has 3 heteroatoms. The molecule has 0 bridgehead atoms. The van der Waals surface area contributed by atoms with Crippen molar-refractivity contribution in [1.29, 1.82) is 0 Å². The van der Waals surface area contributed by atoms with Crippen LogP contribution < -0.4 is 0 Å². The third-order valence-electron chi connectivity index (χ3n) is 3.08. The molecule has 104 valence electrons. The van der Waals surface area contributed by atoms with Gasteiger partial charge in [-0.15, -0.1) is 0 Å². The van der Waals surface area contributed by atoms with E-state index < -0.39 is 0 Å². The van der Waals surface area contributed by atoms with E-state index in [9.17, 15) is 0 Å². The van der Waals surface area contributed by atoms with E-state index in [4.69, 9.17) is 9.52 Å². The Bertz CT molecular complexity index is 561. The summed E-state index contributed by atoms with van der Waals surface area (Å²) < 4.78 is 5.38. The summed E-state index contributed by atoms with van der Waals surface area (Å²) in [5, 5.41) is 8.67. The Labute approximate surface area is 119 Å². The van der Waals surface area contributed by atoms with Gasteiger partial charge in [-0.1, -0.05) is 30.9 Å². The summed E-state index contributed by atoms with van der Waals surface area (Å²) in [7, 11) is 0. The van der Waals surface area contributed by atoms with Gasteiger partial charge >= 0.3 is 0 Å². The summed E-state index contributed by atoms with van der Waals surface area (Å²) in [6.07, 6.45) is 1.71. The number of rotatable bonds is 5. The summed E-state index contributed by atoms with van der Waals surface area (Å²) in [5.74, 6) is 6.53. The molecule has 0 saturated heterocycles. The molecule has 1 N–H and O–H groups in total. The lowest BCUT2D eigenvalue weighted by Gasteiger charge is -2.19. The Hall–Kier alpha value is -2.02. The maximum Gasteiger partial charge on any atom is 0.117 e. The van der Waals surface area contributed by atoms with Gasteiger partial charge < -0.3 is 9.52 Å². The Morgan fingerprint density at radius 2 is 1.95 bits per heavy atom. The zero-order valence-corrected chi connectivity index (χ0v) is 11.7. The molecule has 0 amide bonds. The van der Waals surface area contributed by atoms with Crippen LogP contribution in [0.4, 0.5) is 0 Å². The summed E-state index contributed by atoms with van der Waals surface area (Å²) in [5.41, 5.74) is 2.17. The first-order chi connectivity index (χ1) is 9.81. The zero-order valence-electron chi connectivity index (χ0n) is 11.7. The summed E-state index contributed by atoms with van der Waals surface area (Å²) in [6.45, 7) is 4.70. The number of aliphatic hydroxyl groups excluding tert-OH is 1. The summed E-state index contributed by atoms with van der Waals surface area (Å²) >= 11 is 0. The Morgan fingerprint density at radius 3 is 2.55 bits per heavy atom. The molecule has 2 rings (SSSR count). The summed E-state index contributed by atoms with van der Waals surface area (Å²) in [6, 6.07) is 12.0. The van der Waals surface area contributed by atoms with Gasteiger partial charge in [0.25, 0.3) is 0 Å². The van der Waals surface area contributed by atoms with Gasteiger partial charge in [0, 0.05) is 12.1 Å². The van der Waals surface area contributed by atoms with Crippen LogP contribution in [0.1, 0.15) is 23.8 Å². The molecule has 0 aliphatic rings. The first-order valence-corrected chi connectivity index (χ1v) is 6.75. The lowest BCUT2D eigenvalue weighted by molar-refractivity contribution is 0.248. The highest BCUT2D eigenvalue weighted by Crippen LogP contribution is 2.11. The lowest BCUT2D eigenvalue weighted by Crippen LogP contribution is -2.21. The second-order valence-corrected chi connectivity index (χ2v) is 4.54. The first-order valence-electron chi connectivity index (χ1n) is 6.75. The maximum absolute atomic E-state index is 8.67. The molecule has 1 heterocycles. The highest BCUT2D eigenvalue weighted by molar-refractivity contribution is 5.36. The van der Waals surface area contributed by atoms with Gasteiger partial charge in [0.05, 0.1) is 12.8 Å². The molecule has 1 aromatic heterocycles. The summed E-state index contributed by atoms with van der Waals surface area (Å²) in [4.78, 5) is 2.31. The van der Waals surface area contributed by atoms with E-state index in [0.717, 1.165) is 31.0 Å². The van der Waals surface area contributed by atoms with E-state index >= 15 is 0 Å². The lowest BCUT2D eigenvalue weighted by atomic mass is 10.1. The smallest absolute Gasteiger partial charge is 0.117 e. The van der Waals surface area contributed by atoms with Crippen LogP contribution in [0.2, 0.25) is 0 Å². The van der Waals surface area contributed by atoms with Crippen molar-refractivity contribution in [2.75, 3.05) is 13.2 Å². The fraction of sp³-hybridized carbons (Fsp3) is 0.294. The van der Waals surface area contributed by atoms with Gasteiger partial charge in [-0.3, -0.25) is 4.90 Å². The predicted octanol–water partition coefficient (Wildman–Crippen LogP) is 2.65. The molecule has 0 atom stereocenters. The van der Waals surface area contributed by atoms with E-state index in [1.807, 2.05) is 24.3 Å². The minimum atomic E-state index is -0.103. The number of hydrogen-bond acceptors (Lipinski definition) is 3. The first kappa shape index (κ1) is 14.4. The average molecular weight is 269 g/mol. The van der Waals surface area contributed by atoms with Gasteiger partial charge in [-0.05, 0) is 36.4 Å². The number of hydrogen-bond donors (Lipinski definition) is 1. The molecule has 3 nitrogen and oxygen atoms in total. The standard InChI is InChI=1S/C17H19NO2/c1-2-18(14-17-6-4-12-20-17)13-16-9-7-15(8-10-16)5-3-11-19/h4,6-10,12,19H,2,11,13-14H2,1H3. The number of aliphatic hydroxyl groups is 1. The van der Waals surface area contributed by atoms with Crippen LogP contribution in [0.3, 0.4) is 0 Å². The molecule has 0 aliphatic heterocycles. The van der Waals surface area contributed by atoms with Gasteiger partial charge in [0.15, 0.2) is 0 Å². The largest absolute Gasteiger partial charge is 0.468 e. The topological polar surface area (TPSA) is 36.6 Å². The Kier molecular flexibility index (Phi) is 5.43. The van der Waals surface area contributed by atoms with Crippen LogP contribution in [0.5, 0.6) is 0 Å². The van der Waals surface area contributed by atoms with Crippen LogP contribution in [0.15, 0.2) is 47.1 Å². The van der Waals surface area contributed by atoms with Crippen molar-refractivity contribution in [2.45, 2.75) is 20.0 Å². The fourth-order valence-corrected chi connectivity index (χ4v) is 2.00. The van der Waals surface area contributed by atoms with E-state index in [2.05, 4.69) is 35.8 Å². The van der Waals surface area contributed by atoms with Gasteiger partial charge in [0.1, 0.15) is 12.4 Å². The minimum absolute atomic E-state index is 0.103. The molecular weight excluding hydrogens is 250 g/mol. The van der Waals surface area contributed by atoms with Crippen LogP contribution in [-0.4, -0.2) is 23.2 Å². The minimum Gasteiger partial charge on any atom is -0.468 e. The fourth-order valence-electron chi connectivity index (χ4n) is 2.00. The monoisotopic (exact) mass is 269 g/mol. The normalized spacial score (nSPS) is 10.3. The zero-order chi connectivity index (χ0) is 14.2. The Morgan fingerprint density at radius 1 is 1.15 bits per heavy atom. The average Bonchev–Trinajstić information content (AvgIpc) is 2.99. The van der Waals surface area contributed by atoms with Gasteiger partial charge in [0.2, 0.25) is 0 Å². The van der Waals surface area contributed by atoms with Crippen LogP contribution in [0, 0.1) is 11.8 Å². The molecule has 0 unspecified atom stereocenters. The van der Waals surface area contributed by atoms with Crippen molar-refractivity contribution in [3.05, 3.63) is 59.5 Å². The number of benzene rings is 1. The van der Waals surface area contributed by atoms with Crippen molar-refractivity contribution in [1.82, 2.24) is 4.90 Å². The molecular formula is C17H19NO2. The third-order valence-corrected chi connectivity index (χ3v) is 3.08. The Balaban J connectivity index is 1.97. The van der Waals surface area contributed by atoms with Crippen LogP contribution >= 0.6 is 0 Å². The van der Waals surface area contributed by atoms with Gasteiger partial charge in [-0.25, -0.2) is 0 Å². The van der Waals surface area contributed by atoms with Crippen LogP contribution in [-0.2, 0) is 13.1 Å². The van der Waals surface area contributed by atoms with E-state index in [1.165, 1.54) is 5.56 Å². The van der Waals surface area contributed by atoms with Crippen molar-refractivity contribution < 1.29 is 9.52 Å². The van der Waals surface area contributed by atoms with Crippen molar-refractivity contribution in [3.8, 4) is 11.8 Å². The molecule has 20 heavy (non-hydrogen) atoms. The highest BCUT2D eigenvalue weighted by atomic mass is 16.3. The molecule has 1 aromatic carbocycles. The second kappa shape index (κ2) is 7.54. The van der Waals surface area contributed by atoms with Crippen molar-refractivity contribution in [2.24, 2.45) is 0 Å². The number of furan rings is 1. The third kappa shape index (κ3) is 4.27. The quantitative estimate of drug-likeness (QED) is 0.848. The number of nitrogens with zero attached hydrogens (tertiary/aromatic N) is 1. The molecule has 0 fully saturated rings. The van der Waals surface area contributed by atoms with Crippen molar-refractivity contribution >= 4 is 0 Å². The second-order valence-electron chi connectivity index (χ2n) is 4.54. The van der Waals surface area contributed by atoms with Crippen molar-refractivity contribution in [3.63, 3.8) is 0 Å². The molecule has 0 spiro atoms. The SMILES string of the molecule is CCN(Cc1ccc(C#CCO)cc1)Cc1ccco1. The molecule has 0 saturated carbocycles. The van der Waals surface area contributed by atoms with E-state index in [-0.39, 0.29) is 6.61 Å². The van der Waals surface area contributed by atoms with E-state index in [0.29, 0.717) is 0 Å². The predicted molar refractivity (Wildman–Crippen MR) is 78.9 cm³/mol. The van der Waals surface area contributed by atoms with Gasteiger partial charge in [-0.2, -0.15) is 0 Å². The maximum atomic E-state index is 8.67. The van der Waals surface area contributed by atoms with E-state index in [1.54, 1.807) is 6.26 Å². The molecule has 2 aromatic rings. The van der Waals surface area contributed by atoms with Crippen LogP contribution in [0.25, 0.3) is 0 Å².